The Morgan fingerprint density at radius 3 is 2.11 bits per heavy atom. The second-order valence-corrected chi connectivity index (χ2v) is 4.79. The van der Waals surface area contributed by atoms with E-state index in [4.69, 9.17) is 5.73 Å². The third-order valence-corrected chi connectivity index (χ3v) is 2.83. The van der Waals surface area contributed by atoms with Crippen LogP contribution < -0.4 is 5.73 Å². The van der Waals surface area contributed by atoms with Crippen LogP contribution in [0.2, 0.25) is 0 Å². The number of alkyl halides is 1. The molecule has 0 rings (SSSR count). The van der Waals surface area contributed by atoms with E-state index in [2.05, 4.69) is 27.6 Å². The monoisotopic (exact) mass is 323 g/mol. The van der Waals surface area contributed by atoms with Gasteiger partial charge in [0.25, 0.3) is 0 Å². The minimum atomic E-state index is -0.190. The zero-order valence-electron chi connectivity index (χ0n) is 11.5. The lowest BCUT2D eigenvalue weighted by Gasteiger charge is -1.95. The van der Waals surface area contributed by atoms with Crippen molar-refractivity contribution in [1.29, 1.82) is 0 Å². The SMILES string of the molecule is CCCCCC(=O)OC.NC(=O)CCCCCBr. The lowest BCUT2D eigenvalue weighted by atomic mass is 10.2. The molecule has 18 heavy (non-hydrogen) atoms. The third kappa shape index (κ3) is 20.8. The largest absolute Gasteiger partial charge is 0.469 e. The number of methoxy groups -OCH3 is 1. The van der Waals surface area contributed by atoms with Gasteiger partial charge in [0, 0.05) is 18.2 Å². The number of carbonyl (C=O) groups is 2. The van der Waals surface area contributed by atoms with Crippen molar-refractivity contribution in [3.8, 4) is 0 Å². The lowest BCUT2D eigenvalue weighted by Crippen LogP contribution is -2.09. The Labute approximate surface area is 119 Å². The van der Waals surface area contributed by atoms with E-state index in [0.29, 0.717) is 12.8 Å². The van der Waals surface area contributed by atoms with Gasteiger partial charge in [-0.05, 0) is 19.3 Å². The van der Waals surface area contributed by atoms with Gasteiger partial charge in [0.15, 0.2) is 0 Å². The molecule has 2 N–H and O–H groups in total. The Morgan fingerprint density at radius 1 is 1.06 bits per heavy atom. The minimum Gasteiger partial charge on any atom is -0.469 e. The fourth-order valence-electron chi connectivity index (χ4n) is 1.19. The molecule has 4 nitrogen and oxygen atoms in total. The Balaban J connectivity index is 0. The Hall–Kier alpha value is -0.580. The summed E-state index contributed by atoms with van der Waals surface area (Å²) in [5.41, 5.74) is 4.92. The van der Waals surface area contributed by atoms with Crippen LogP contribution in [0, 0.1) is 0 Å². The van der Waals surface area contributed by atoms with Crippen LogP contribution in [0.3, 0.4) is 0 Å². The molecule has 0 unspecified atom stereocenters. The van der Waals surface area contributed by atoms with Crippen molar-refractivity contribution < 1.29 is 14.3 Å². The summed E-state index contributed by atoms with van der Waals surface area (Å²) in [6.07, 6.45) is 7.50. The van der Waals surface area contributed by atoms with Gasteiger partial charge < -0.3 is 10.5 Å². The topological polar surface area (TPSA) is 69.4 Å². The van der Waals surface area contributed by atoms with Crippen LogP contribution in [0.25, 0.3) is 0 Å². The fraction of sp³-hybridized carbons (Fsp3) is 0.846. The number of carbonyl (C=O) groups excluding carboxylic acids is 2. The molecule has 0 fully saturated rings. The molecule has 0 bridgehead atoms. The van der Waals surface area contributed by atoms with Crippen LogP contribution >= 0.6 is 15.9 Å². The first kappa shape index (κ1) is 19.8. The molecular formula is C13H26BrNO3. The molecule has 5 heteroatoms. The zero-order valence-corrected chi connectivity index (χ0v) is 13.1. The summed E-state index contributed by atoms with van der Waals surface area (Å²) < 4.78 is 4.46. The van der Waals surface area contributed by atoms with Crippen molar-refractivity contribution in [3.05, 3.63) is 0 Å². The van der Waals surface area contributed by atoms with E-state index in [1.807, 2.05) is 0 Å². The maximum absolute atomic E-state index is 10.5. The van der Waals surface area contributed by atoms with Crippen LogP contribution in [-0.2, 0) is 14.3 Å². The molecule has 0 aromatic heterocycles. The van der Waals surface area contributed by atoms with Gasteiger partial charge in [-0.1, -0.05) is 42.1 Å². The van der Waals surface area contributed by atoms with E-state index in [9.17, 15) is 9.59 Å². The van der Waals surface area contributed by atoms with E-state index in [1.54, 1.807) is 0 Å². The van der Waals surface area contributed by atoms with Crippen LogP contribution in [0.15, 0.2) is 0 Å². The number of primary amides is 1. The zero-order chi connectivity index (χ0) is 14.2. The van der Waals surface area contributed by atoms with E-state index in [-0.39, 0.29) is 11.9 Å². The lowest BCUT2D eigenvalue weighted by molar-refractivity contribution is -0.140. The number of amides is 1. The molecule has 0 spiro atoms. The van der Waals surface area contributed by atoms with Crippen LogP contribution in [0.1, 0.15) is 58.3 Å². The Bertz CT molecular complexity index is 210. The second-order valence-electron chi connectivity index (χ2n) is 4.00. The first-order valence-electron chi connectivity index (χ1n) is 6.49. The molecule has 1 amide bonds. The first-order valence-corrected chi connectivity index (χ1v) is 7.61. The molecule has 108 valence electrons. The van der Waals surface area contributed by atoms with Crippen molar-refractivity contribution in [3.63, 3.8) is 0 Å². The van der Waals surface area contributed by atoms with Crippen molar-refractivity contribution in [2.45, 2.75) is 58.3 Å². The summed E-state index contributed by atoms with van der Waals surface area (Å²) in [6, 6.07) is 0. The van der Waals surface area contributed by atoms with Crippen LogP contribution in [0.5, 0.6) is 0 Å². The fourth-order valence-corrected chi connectivity index (χ4v) is 1.59. The number of unbranched alkanes of at least 4 members (excludes halogenated alkanes) is 4. The number of hydrogen-bond acceptors (Lipinski definition) is 3. The highest BCUT2D eigenvalue weighted by Crippen LogP contribution is 2.00. The molecule has 0 aliphatic carbocycles. The summed E-state index contributed by atoms with van der Waals surface area (Å²) in [5.74, 6) is -0.284. The maximum atomic E-state index is 10.5. The average molecular weight is 324 g/mol. The number of halogens is 1. The Kier molecular flexibility index (Phi) is 18.0. The number of esters is 1. The molecule has 0 radical (unpaired) electrons. The molecule has 0 aromatic rings. The van der Waals surface area contributed by atoms with E-state index in [1.165, 1.54) is 7.11 Å². The highest BCUT2D eigenvalue weighted by Gasteiger charge is 1.96. The molecule has 0 atom stereocenters. The Morgan fingerprint density at radius 2 is 1.67 bits per heavy atom. The highest BCUT2D eigenvalue weighted by molar-refractivity contribution is 9.09. The summed E-state index contributed by atoms with van der Waals surface area (Å²) >= 11 is 3.30. The molecular weight excluding hydrogens is 298 g/mol. The second kappa shape index (κ2) is 16.4. The standard InChI is InChI=1S/C7H14O2.C6H12BrNO/c1-3-4-5-6-7(8)9-2;7-5-3-1-2-4-6(8)9/h3-6H2,1-2H3;1-5H2,(H2,8,9). The van der Waals surface area contributed by atoms with Gasteiger partial charge in [0.05, 0.1) is 7.11 Å². The van der Waals surface area contributed by atoms with Gasteiger partial charge >= 0.3 is 5.97 Å². The van der Waals surface area contributed by atoms with Crippen LogP contribution in [-0.4, -0.2) is 24.3 Å². The van der Waals surface area contributed by atoms with E-state index >= 15 is 0 Å². The average Bonchev–Trinajstić information content (AvgIpc) is 2.35. The molecule has 0 heterocycles. The van der Waals surface area contributed by atoms with Gasteiger partial charge in [0.2, 0.25) is 5.91 Å². The summed E-state index contributed by atoms with van der Waals surface area (Å²) in [6.45, 7) is 2.11. The highest BCUT2D eigenvalue weighted by atomic mass is 79.9. The van der Waals surface area contributed by atoms with Gasteiger partial charge in [-0.25, -0.2) is 0 Å². The van der Waals surface area contributed by atoms with Crippen molar-refractivity contribution in [2.75, 3.05) is 12.4 Å². The van der Waals surface area contributed by atoms with Gasteiger partial charge in [0.1, 0.15) is 0 Å². The van der Waals surface area contributed by atoms with Gasteiger partial charge in [-0.3, -0.25) is 9.59 Å². The number of rotatable bonds is 9. The van der Waals surface area contributed by atoms with Crippen molar-refractivity contribution in [1.82, 2.24) is 0 Å². The normalized spacial score (nSPS) is 9.28. The summed E-state index contributed by atoms with van der Waals surface area (Å²) in [4.78, 5) is 20.6. The summed E-state index contributed by atoms with van der Waals surface area (Å²) in [7, 11) is 1.42. The molecule has 0 saturated heterocycles. The van der Waals surface area contributed by atoms with Crippen molar-refractivity contribution in [2.24, 2.45) is 5.73 Å². The maximum Gasteiger partial charge on any atom is 0.305 e. The molecule has 0 aliphatic rings. The summed E-state index contributed by atoms with van der Waals surface area (Å²) in [5, 5.41) is 1.02. The van der Waals surface area contributed by atoms with Gasteiger partial charge in [-0.15, -0.1) is 0 Å². The third-order valence-electron chi connectivity index (χ3n) is 2.27. The molecule has 0 saturated carbocycles. The van der Waals surface area contributed by atoms with Crippen LogP contribution in [0.4, 0.5) is 0 Å². The van der Waals surface area contributed by atoms with Gasteiger partial charge in [-0.2, -0.15) is 0 Å². The van der Waals surface area contributed by atoms with E-state index < -0.39 is 0 Å². The van der Waals surface area contributed by atoms with Crippen molar-refractivity contribution >= 4 is 27.8 Å². The minimum absolute atomic E-state index is 0.0940. The number of hydrogen-bond donors (Lipinski definition) is 1. The first-order chi connectivity index (χ1) is 8.58. The molecule has 0 aliphatic heterocycles. The predicted octanol–water partition coefficient (Wildman–Crippen LogP) is 3.17. The number of nitrogens with two attached hydrogens (primary N) is 1. The number of ether oxygens (including phenoxy) is 1. The smallest absolute Gasteiger partial charge is 0.305 e. The van der Waals surface area contributed by atoms with E-state index in [0.717, 1.165) is 43.9 Å². The predicted molar refractivity (Wildman–Crippen MR) is 77.6 cm³/mol. The molecule has 0 aromatic carbocycles. The quantitative estimate of drug-likeness (QED) is 0.402.